The second kappa shape index (κ2) is 7.11. The number of anilines is 1. The smallest absolute Gasteiger partial charge is 0.326 e. The Balaban J connectivity index is 1.76. The van der Waals surface area contributed by atoms with Gasteiger partial charge in [-0.1, -0.05) is 12.1 Å². The highest BCUT2D eigenvalue weighted by Gasteiger charge is 2.36. The number of aryl methyl sites for hydroxylation is 1. The van der Waals surface area contributed by atoms with Gasteiger partial charge in [-0.25, -0.2) is 0 Å². The first-order valence-corrected chi connectivity index (χ1v) is 8.98. The van der Waals surface area contributed by atoms with Gasteiger partial charge in [0, 0.05) is 12.2 Å². The largest absolute Gasteiger partial charge is 0.416 e. The highest BCUT2D eigenvalue weighted by Crippen LogP contribution is 2.33. The number of likely N-dealkylation sites (tertiary alicyclic amines) is 1. The molecule has 0 bridgehead atoms. The minimum Gasteiger partial charge on any atom is -0.326 e. The van der Waals surface area contributed by atoms with Gasteiger partial charge >= 0.3 is 6.18 Å². The van der Waals surface area contributed by atoms with Crippen molar-refractivity contribution in [2.24, 2.45) is 0 Å². The van der Waals surface area contributed by atoms with Crippen molar-refractivity contribution in [3.05, 3.63) is 51.7 Å². The summed E-state index contributed by atoms with van der Waals surface area (Å²) >= 11 is 1.29. The first-order chi connectivity index (χ1) is 12.3. The van der Waals surface area contributed by atoms with Crippen molar-refractivity contribution < 1.29 is 22.8 Å². The zero-order chi connectivity index (χ0) is 18.9. The summed E-state index contributed by atoms with van der Waals surface area (Å²) in [6.07, 6.45) is -3.32. The van der Waals surface area contributed by atoms with Crippen LogP contribution in [0, 0.1) is 6.92 Å². The molecule has 0 radical (unpaired) electrons. The van der Waals surface area contributed by atoms with Crippen molar-refractivity contribution in [3.8, 4) is 0 Å². The number of benzene rings is 1. The van der Waals surface area contributed by atoms with E-state index < -0.39 is 23.7 Å². The monoisotopic (exact) mass is 382 g/mol. The Labute approximate surface area is 152 Å². The molecule has 2 aromatic rings. The number of amides is 2. The van der Waals surface area contributed by atoms with E-state index in [-0.39, 0.29) is 17.2 Å². The Morgan fingerprint density at radius 3 is 2.69 bits per heavy atom. The number of nitrogens with zero attached hydrogens (tertiary/aromatic N) is 1. The van der Waals surface area contributed by atoms with Crippen molar-refractivity contribution in [3.63, 3.8) is 0 Å². The maximum Gasteiger partial charge on any atom is 0.416 e. The van der Waals surface area contributed by atoms with Gasteiger partial charge in [0.2, 0.25) is 5.91 Å². The molecule has 0 saturated carbocycles. The van der Waals surface area contributed by atoms with E-state index in [1.807, 2.05) is 0 Å². The molecular formula is C18H17F3N2O2S. The van der Waals surface area contributed by atoms with Crippen LogP contribution in [0.4, 0.5) is 18.9 Å². The molecule has 26 heavy (non-hydrogen) atoms. The van der Waals surface area contributed by atoms with Crippen molar-refractivity contribution in [2.75, 3.05) is 11.9 Å². The average molecular weight is 382 g/mol. The fourth-order valence-electron chi connectivity index (χ4n) is 3.05. The fourth-order valence-corrected chi connectivity index (χ4v) is 3.73. The number of carbonyl (C=O) groups excluding carboxylic acids is 2. The van der Waals surface area contributed by atoms with Crippen molar-refractivity contribution >= 4 is 28.8 Å². The van der Waals surface area contributed by atoms with Crippen molar-refractivity contribution in [1.82, 2.24) is 4.90 Å². The van der Waals surface area contributed by atoms with Crippen LogP contribution in [0.5, 0.6) is 0 Å². The Morgan fingerprint density at radius 1 is 1.27 bits per heavy atom. The van der Waals surface area contributed by atoms with E-state index in [1.165, 1.54) is 35.3 Å². The maximum absolute atomic E-state index is 13.0. The molecule has 0 unspecified atom stereocenters. The molecule has 1 saturated heterocycles. The average Bonchev–Trinajstić information content (AvgIpc) is 3.26. The van der Waals surface area contributed by atoms with E-state index in [1.54, 1.807) is 17.5 Å². The molecule has 1 atom stereocenters. The normalized spacial score (nSPS) is 17.4. The van der Waals surface area contributed by atoms with Gasteiger partial charge in [0.25, 0.3) is 5.91 Å². The maximum atomic E-state index is 13.0. The minimum absolute atomic E-state index is 0.0725. The molecule has 0 aliphatic carbocycles. The topological polar surface area (TPSA) is 49.4 Å². The van der Waals surface area contributed by atoms with E-state index in [0.717, 1.165) is 6.07 Å². The van der Waals surface area contributed by atoms with Crippen LogP contribution in [0.2, 0.25) is 0 Å². The molecule has 1 N–H and O–H groups in total. The molecule has 8 heteroatoms. The SMILES string of the molecule is Cc1ccc(NC(=O)[C@@H]2CCCN2C(=O)c2cccs2)cc1C(F)(F)F. The number of halogens is 3. The number of carbonyl (C=O) groups is 2. The second-order valence-electron chi connectivity index (χ2n) is 6.15. The molecule has 138 valence electrons. The Morgan fingerprint density at radius 2 is 2.04 bits per heavy atom. The summed E-state index contributed by atoms with van der Waals surface area (Å²) in [5, 5.41) is 4.31. The predicted octanol–water partition coefficient (Wildman–Crippen LogP) is 4.32. The molecular weight excluding hydrogens is 365 g/mol. The Bertz CT molecular complexity index is 818. The third-order valence-electron chi connectivity index (χ3n) is 4.36. The van der Waals surface area contributed by atoms with E-state index in [2.05, 4.69) is 5.32 Å². The van der Waals surface area contributed by atoms with E-state index in [0.29, 0.717) is 24.3 Å². The fraction of sp³-hybridized carbons (Fsp3) is 0.333. The highest BCUT2D eigenvalue weighted by molar-refractivity contribution is 7.12. The van der Waals surface area contributed by atoms with Crippen LogP contribution in [0.3, 0.4) is 0 Å². The van der Waals surface area contributed by atoms with Crippen LogP contribution in [0.25, 0.3) is 0 Å². The van der Waals surface area contributed by atoms with Gasteiger partial charge in [0.05, 0.1) is 10.4 Å². The molecule has 2 heterocycles. The lowest BCUT2D eigenvalue weighted by molar-refractivity contribution is -0.138. The number of rotatable bonds is 3. The molecule has 1 aromatic carbocycles. The molecule has 0 spiro atoms. The summed E-state index contributed by atoms with van der Waals surface area (Å²) < 4.78 is 39.1. The summed E-state index contributed by atoms with van der Waals surface area (Å²) in [7, 11) is 0. The van der Waals surface area contributed by atoms with Crippen LogP contribution in [-0.4, -0.2) is 29.3 Å². The summed E-state index contributed by atoms with van der Waals surface area (Å²) in [4.78, 5) is 27.1. The van der Waals surface area contributed by atoms with E-state index >= 15 is 0 Å². The lowest BCUT2D eigenvalue weighted by Gasteiger charge is -2.23. The molecule has 1 aromatic heterocycles. The van der Waals surface area contributed by atoms with Gasteiger partial charge in [-0.15, -0.1) is 11.3 Å². The summed E-state index contributed by atoms with van der Waals surface area (Å²) in [5.74, 6) is -0.693. The van der Waals surface area contributed by atoms with Gasteiger partial charge in [-0.2, -0.15) is 13.2 Å². The lowest BCUT2D eigenvalue weighted by Crippen LogP contribution is -2.43. The molecule has 1 fully saturated rings. The number of thiophene rings is 1. The second-order valence-corrected chi connectivity index (χ2v) is 7.10. The zero-order valence-electron chi connectivity index (χ0n) is 14.0. The third kappa shape index (κ3) is 3.75. The molecule has 1 aliphatic rings. The van der Waals surface area contributed by atoms with E-state index in [4.69, 9.17) is 0 Å². The van der Waals surface area contributed by atoms with Gasteiger partial charge < -0.3 is 10.2 Å². The van der Waals surface area contributed by atoms with Gasteiger partial charge in [-0.05, 0) is 48.9 Å². The summed E-state index contributed by atoms with van der Waals surface area (Å²) in [6, 6.07) is 6.45. The Hall–Kier alpha value is -2.35. The minimum atomic E-state index is -4.49. The standard InChI is InChI=1S/C18H17F3N2O2S/c1-11-6-7-12(10-13(11)18(19,20)21)22-16(24)14-4-2-8-23(14)17(25)15-5-3-9-26-15/h3,5-7,9-10,14H,2,4,8H2,1H3,(H,22,24)/t14-/m0/s1. The molecule has 2 amide bonds. The van der Waals surface area contributed by atoms with Crippen LogP contribution in [0.1, 0.15) is 33.6 Å². The van der Waals surface area contributed by atoms with Crippen LogP contribution in [-0.2, 0) is 11.0 Å². The van der Waals surface area contributed by atoms with Gasteiger partial charge in [-0.3, -0.25) is 9.59 Å². The van der Waals surface area contributed by atoms with Crippen molar-refractivity contribution in [2.45, 2.75) is 32.0 Å². The third-order valence-corrected chi connectivity index (χ3v) is 5.22. The number of nitrogens with one attached hydrogen (secondary N) is 1. The number of alkyl halides is 3. The molecule has 1 aliphatic heterocycles. The van der Waals surface area contributed by atoms with Crippen molar-refractivity contribution in [1.29, 1.82) is 0 Å². The zero-order valence-corrected chi connectivity index (χ0v) is 14.8. The lowest BCUT2D eigenvalue weighted by atomic mass is 10.1. The summed E-state index contributed by atoms with van der Waals surface area (Å²) in [5.41, 5.74) is -0.623. The van der Waals surface area contributed by atoms with Gasteiger partial charge in [0.15, 0.2) is 0 Å². The van der Waals surface area contributed by atoms with Crippen LogP contribution >= 0.6 is 11.3 Å². The predicted molar refractivity (Wildman–Crippen MR) is 93.2 cm³/mol. The quantitative estimate of drug-likeness (QED) is 0.860. The first kappa shape index (κ1) is 18.4. The highest BCUT2D eigenvalue weighted by atomic mass is 32.1. The summed E-state index contributed by atoms with van der Waals surface area (Å²) in [6.45, 7) is 1.82. The Kier molecular flexibility index (Phi) is 5.04. The van der Waals surface area contributed by atoms with Crippen LogP contribution < -0.4 is 5.32 Å². The first-order valence-electron chi connectivity index (χ1n) is 8.10. The molecule has 3 rings (SSSR count). The van der Waals surface area contributed by atoms with E-state index in [9.17, 15) is 22.8 Å². The van der Waals surface area contributed by atoms with Crippen LogP contribution in [0.15, 0.2) is 35.7 Å². The molecule has 4 nitrogen and oxygen atoms in total. The van der Waals surface area contributed by atoms with Gasteiger partial charge in [0.1, 0.15) is 6.04 Å². The number of hydrogen-bond donors (Lipinski definition) is 1. The number of hydrogen-bond acceptors (Lipinski definition) is 3.